The van der Waals surface area contributed by atoms with Gasteiger partial charge in [-0.1, -0.05) is 25.1 Å². The van der Waals surface area contributed by atoms with Crippen molar-refractivity contribution in [1.82, 2.24) is 0 Å². The molecule has 2 saturated heterocycles. The number of carbonyl (C=O) groups excluding carboxylic acids is 2. The molecular formula is C16H16O5. The average molecular weight is 288 g/mol. The van der Waals surface area contributed by atoms with E-state index < -0.39 is 11.0 Å². The van der Waals surface area contributed by atoms with Crippen LogP contribution in [0.5, 0.6) is 0 Å². The van der Waals surface area contributed by atoms with Crippen LogP contribution in [0.25, 0.3) is 0 Å². The fraction of sp³-hybridized carbons (Fsp3) is 0.500. The van der Waals surface area contributed by atoms with Crippen molar-refractivity contribution in [3.05, 3.63) is 35.9 Å². The second-order valence-electron chi connectivity index (χ2n) is 6.25. The van der Waals surface area contributed by atoms with Crippen molar-refractivity contribution in [2.45, 2.75) is 37.6 Å². The van der Waals surface area contributed by atoms with Gasteiger partial charge in [0.25, 0.3) is 0 Å². The first-order chi connectivity index (χ1) is 10.1. The Labute approximate surface area is 122 Å². The summed E-state index contributed by atoms with van der Waals surface area (Å²) < 4.78 is 16.7. The topological polar surface area (TPSA) is 65.1 Å². The van der Waals surface area contributed by atoms with E-state index in [0.717, 1.165) is 0 Å². The number of benzene rings is 1. The first kappa shape index (κ1) is 12.8. The Morgan fingerprint density at radius 1 is 1.33 bits per heavy atom. The molecule has 0 amide bonds. The van der Waals surface area contributed by atoms with Crippen LogP contribution in [-0.4, -0.2) is 36.4 Å². The van der Waals surface area contributed by atoms with Crippen molar-refractivity contribution in [3.8, 4) is 0 Å². The smallest absolute Gasteiger partial charge is 0.338 e. The van der Waals surface area contributed by atoms with Crippen LogP contribution in [0.2, 0.25) is 0 Å². The van der Waals surface area contributed by atoms with Gasteiger partial charge in [-0.05, 0) is 12.1 Å². The van der Waals surface area contributed by atoms with Gasteiger partial charge < -0.3 is 14.2 Å². The molecule has 5 heteroatoms. The molecule has 3 aliphatic rings. The largest absolute Gasteiger partial charge is 0.459 e. The molecule has 4 rings (SSSR count). The highest BCUT2D eigenvalue weighted by Gasteiger charge is 2.76. The van der Waals surface area contributed by atoms with Gasteiger partial charge in [0.05, 0.1) is 24.0 Å². The highest BCUT2D eigenvalue weighted by atomic mass is 16.6. The van der Waals surface area contributed by atoms with E-state index in [1.54, 1.807) is 24.3 Å². The van der Waals surface area contributed by atoms with Gasteiger partial charge in [-0.2, -0.15) is 0 Å². The van der Waals surface area contributed by atoms with Gasteiger partial charge in [0.2, 0.25) is 0 Å². The number of ether oxygens (including phenoxy) is 3. The Morgan fingerprint density at radius 2 is 2.05 bits per heavy atom. The minimum Gasteiger partial charge on any atom is -0.459 e. The standard InChI is InChI=1S/C16H16O5/c1-15-8-13(17)20-12(16(15)9-19-16)7-11(15)21-14(18)10-5-3-2-4-6-10/h2-6,11-12H,7-9H2,1H3/t11-,12+,15+,16+/m1/s1. The fourth-order valence-corrected chi connectivity index (χ4v) is 3.74. The summed E-state index contributed by atoms with van der Waals surface area (Å²) in [7, 11) is 0. The third-order valence-electron chi connectivity index (χ3n) is 5.13. The molecule has 1 aromatic rings. The maximum Gasteiger partial charge on any atom is 0.338 e. The number of rotatable bonds is 2. The molecule has 2 aliphatic heterocycles. The van der Waals surface area contributed by atoms with E-state index in [4.69, 9.17) is 14.2 Å². The maximum atomic E-state index is 12.3. The van der Waals surface area contributed by atoms with E-state index in [1.165, 1.54) is 0 Å². The quantitative estimate of drug-likeness (QED) is 0.612. The lowest BCUT2D eigenvalue weighted by molar-refractivity contribution is -0.166. The number of esters is 2. The minimum atomic E-state index is -0.489. The molecule has 1 aromatic carbocycles. The van der Waals surface area contributed by atoms with Crippen molar-refractivity contribution in [3.63, 3.8) is 0 Å². The predicted octanol–water partition coefficient (Wildman–Crippen LogP) is 1.71. The Bertz CT molecular complexity index is 606. The molecule has 0 aromatic heterocycles. The molecule has 2 bridgehead atoms. The molecule has 1 aliphatic carbocycles. The molecule has 110 valence electrons. The summed E-state index contributed by atoms with van der Waals surface area (Å²) in [6.45, 7) is 2.53. The Hall–Kier alpha value is -1.88. The summed E-state index contributed by atoms with van der Waals surface area (Å²) in [5, 5.41) is 0. The van der Waals surface area contributed by atoms with Gasteiger partial charge in [-0.3, -0.25) is 4.79 Å². The lowest BCUT2D eigenvalue weighted by Gasteiger charge is -2.37. The van der Waals surface area contributed by atoms with Gasteiger partial charge in [-0.15, -0.1) is 0 Å². The number of carbonyl (C=O) groups is 2. The van der Waals surface area contributed by atoms with E-state index in [-0.39, 0.29) is 30.6 Å². The van der Waals surface area contributed by atoms with Gasteiger partial charge in [0, 0.05) is 6.42 Å². The van der Waals surface area contributed by atoms with Crippen molar-refractivity contribution >= 4 is 11.9 Å². The molecule has 21 heavy (non-hydrogen) atoms. The Balaban J connectivity index is 1.59. The normalized spacial score (nSPS) is 40.0. The van der Waals surface area contributed by atoms with Crippen LogP contribution in [-0.2, 0) is 19.0 Å². The van der Waals surface area contributed by atoms with Crippen molar-refractivity contribution in [2.75, 3.05) is 6.61 Å². The van der Waals surface area contributed by atoms with Crippen LogP contribution in [0.1, 0.15) is 30.1 Å². The van der Waals surface area contributed by atoms with E-state index >= 15 is 0 Å². The monoisotopic (exact) mass is 288 g/mol. The summed E-state index contributed by atoms with van der Waals surface area (Å²) in [6, 6.07) is 8.88. The summed E-state index contributed by atoms with van der Waals surface area (Å²) in [4.78, 5) is 24.0. The van der Waals surface area contributed by atoms with Crippen molar-refractivity contribution in [2.24, 2.45) is 5.41 Å². The van der Waals surface area contributed by atoms with Crippen LogP contribution >= 0.6 is 0 Å². The van der Waals surface area contributed by atoms with Crippen LogP contribution in [0.3, 0.4) is 0 Å². The molecule has 3 fully saturated rings. The second kappa shape index (κ2) is 4.07. The van der Waals surface area contributed by atoms with E-state index in [1.807, 2.05) is 13.0 Å². The molecule has 0 unspecified atom stereocenters. The molecule has 1 saturated carbocycles. The molecule has 0 N–H and O–H groups in total. The molecule has 5 nitrogen and oxygen atoms in total. The van der Waals surface area contributed by atoms with Crippen LogP contribution in [0, 0.1) is 5.41 Å². The Kier molecular flexibility index (Phi) is 2.49. The summed E-state index contributed by atoms with van der Waals surface area (Å²) >= 11 is 0. The highest BCUT2D eigenvalue weighted by Crippen LogP contribution is 2.62. The lowest BCUT2D eigenvalue weighted by atomic mass is 9.73. The van der Waals surface area contributed by atoms with Gasteiger partial charge in [0.1, 0.15) is 17.8 Å². The third kappa shape index (κ3) is 1.67. The average Bonchev–Trinajstić information content (AvgIpc) is 3.24. The number of hydrogen-bond donors (Lipinski definition) is 0. The van der Waals surface area contributed by atoms with Gasteiger partial charge in [-0.25, -0.2) is 4.79 Å². The van der Waals surface area contributed by atoms with Gasteiger partial charge >= 0.3 is 11.9 Å². The molecule has 2 heterocycles. The lowest BCUT2D eigenvalue weighted by Crippen LogP contribution is -2.49. The first-order valence-electron chi connectivity index (χ1n) is 7.15. The zero-order valence-corrected chi connectivity index (χ0v) is 11.7. The zero-order valence-electron chi connectivity index (χ0n) is 11.7. The van der Waals surface area contributed by atoms with E-state index in [2.05, 4.69) is 0 Å². The summed E-state index contributed by atoms with van der Waals surface area (Å²) in [6.07, 6.45) is 0.0957. The molecule has 0 radical (unpaired) electrons. The third-order valence-corrected chi connectivity index (χ3v) is 5.13. The SMILES string of the molecule is C[C@]12CC(=O)O[C@@H](C[C@H]1OC(=O)c1ccccc1)[C@@]21CO1. The molecule has 4 atom stereocenters. The van der Waals surface area contributed by atoms with Crippen molar-refractivity contribution < 1.29 is 23.8 Å². The van der Waals surface area contributed by atoms with Crippen LogP contribution in [0.15, 0.2) is 30.3 Å². The van der Waals surface area contributed by atoms with Crippen molar-refractivity contribution in [1.29, 1.82) is 0 Å². The fourth-order valence-electron chi connectivity index (χ4n) is 3.74. The number of hydrogen-bond acceptors (Lipinski definition) is 5. The molecule has 1 spiro atoms. The van der Waals surface area contributed by atoms with Crippen LogP contribution < -0.4 is 0 Å². The predicted molar refractivity (Wildman–Crippen MR) is 71.5 cm³/mol. The van der Waals surface area contributed by atoms with E-state index in [9.17, 15) is 9.59 Å². The van der Waals surface area contributed by atoms with Gasteiger partial charge in [0.15, 0.2) is 0 Å². The van der Waals surface area contributed by atoms with E-state index in [0.29, 0.717) is 18.6 Å². The number of epoxide rings is 1. The summed E-state index contributed by atoms with van der Waals surface area (Å²) in [5.41, 5.74) is -0.416. The zero-order chi connectivity index (χ0) is 14.7. The Morgan fingerprint density at radius 3 is 2.71 bits per heavy atom. The highest BCUT2D eigenvalue weighted by molar-refractivity contribution is 5.89. The molecular weight excluding hydrogens is 272 g/mol. The maximum absolute atomic E-state index is 12.3. The summed E-state index contributed by atoms with van der Waals surface area (Å²) in [5.74, 6) is -0.598. The van der Waals surface area contributed by atoms with Crippen LogP contribution in [0.4, 0.5) is 0 Å². The minimum absolute atomic E-state index is 0.232. The second-order valence-corrected chi connectivity index (χ2v) is 6.25. The first-order valence-corrected chi connectivity index (χ1v) is 7.15.